The molecule has 10 heteroatoms. The van der Waals surface area contributed by atoms with Gasteiger partial charge in [-0.1, -0.05) is 30.3 Å². The maximum Gasteiger partial charge on any atom is 0.329 e. The van der Waals surface area contributed by atoms with E-state index in [1.165, 1.54) is 16.2 Å². The van der Waals surface area contributed by atoms with Crippen LogP contribution in [0.25, 0.3) is 10.6 Å². The van der Waals surface area contributed by atoms with Gasteiger partial charge in [-0.2, -0.15) is 0 Å². The van der Waals surface area contributed by atoms with E-state index < -0.39 is 18.1 Å². The zero-order valence-electron chi connectivity index (χ0n) is 23.4. The van der Waals surface area contributed by atoms with E-state index >= 15 is 0 Å². The topological polar surface area (TPSA) is 117 Å². The van der Waals surface area contributed by atoms with Gasteiger partial charge in [0.25, 0.3) is 5.91 Å². The minimum Gasteiger partial charge on any atom is -0.459 e. The number of nitrogens with one attached hydrogen (secondary N) is 2. The Balaban J connectivity index is 1.26. The second-order valence-electron chi connectivity index (χ2n) is 12.0. The number of hydrogen-bond donors (Lipinski definition) is 3. The molecule has 2 saturated heterocycles. The summed E-state index contributed by atoms with van der Waals surface area (Å²) in [7, 11) is 0. The number of hydrogen-bond acceptors (Lipinski definition) is 9. The van der Waals surface area contributed by atoms with Crippen LogP contribution in [0.3, 0.4) is 0 Å². The van der Waals surface area contributed by atoms with E-state index in [0.29, 0.717) is 16.5 Å². The van der Waals surface area contributed by atoms with E-state index in [1.807, 2.05) is 42.5 Å². The number of thiophene rings is 1. The Morgan fingerprint density at radius 3 is 2.55 bits per heavy atom. The molecule has 40 heavy (non-hydrogen) atoms. The monoisotopic (exact) mass is 563 g/mol. The van der Waals surface area contributed by atoms with E-state index in [-0.39, 0.29) is 42.6 Å². The summed E-state index contributed by atoms with van der Waals surface area (Å²) in [6.45, 7) is 9.03. The summed E-state index contributed by atoms with van der Waals surface area (Å²) in [5.74, 6) is -0.261. The first-order valence-electron chi connectivity index (χ1n) is 13.7. The number of anilines is 1. The van der Waals surface area contributed by atoms with Crippen molar-refractivity contribution in [2.24, 2.45) is 0 Å². The van der Waals surface area contributed by atoms with Crippen molar-refractivity contribution in [1.82, 2.24) is 20.2 Å². The van der Waals surface area contributed by atoms with E-state index in [1.54, 1.807) is 12.3 Å². The maximum absolute atomic E-state index is 13.4. The van der Waals surface area contributed by atoms with E-state index in [2.05, 4.69) is 43.3 Å². The van der Waals surface area contributed by atoms with Gasteiger partial charge in [0, 0.05) is 36.3 Å². The quantitative estimate of drug-likeness (QED) is 0.366. The largest absolute Gasteiger partial charge is 0.459 e. The van der Waals surface area contributed by atoms with Gasteiger partial charge >= 0.3 is 5.97 Å². The molecule has 5 rings (SSSR count). The third-order valence-electron chi connectivity index (χ3n) is 7.28. The fourth-order valence-electron chi connectivity index (χ4n) is 5.99. The summed E-state index contributed by atoms with van der Waals surface area (Å²) in [4.78, 5) is 38.2. The van der Waals surface area contributed by atoms with Crippen LogP contribution in [0.5, 0.6) is 0 Å². The zero-order valence-corrected chi connectivity index (χ0v) is 24.2. The van der Waals surface area contributed by atoms with Crippen LogP contribution in [0.4, 0.5) is 5.95 Å². The molecule has 1 amide bonds. The molecule has 2 aromatic heterocycles. The first kappa shape index (κ1) is 28.2. The Kier molecular flexibility index (Phi) is 7.94. The van der Waals surface area contributed by atoms with Gasteiger partial charge in [-0.05, 0) is 64.3 Å². The highest BCUT2D eigenvalue weighted by atomic mass is 32.1. The van der Waals surface area contributed by atoms with Crippen molar-refractivity contribution >= 4 is 29.2 Å². The number of amides is 1. The van der Waals surface area contributed by atoms with Crippen molar-refractivity contribution in [2.75, 3.05) is 11.9 Å². The number of esters is 1. The Bertz CT molecular complexity index is 1340. The maximum atomic E-state index is 13.4. The summed E-state index contributed by atoms with van der Waals surface area (Å²) < 4.78 is 5.48. The van der Waals surface area contributed by atoms with Gasteiger partial charge in [-0.3, -0.25) is 4.79 Å². The zero-order chi connectivity index (χ0) is 28.5. The van der Waals surface area contributed by atoms with Crippen LogP contribution >= 0.6 is 11.3 Å². The molecular weight excluding hydrogens is 526 g/mol. The molecule has 0 saturated carbocycles. The Labute approximate surface area is 239 Å². The van der Waals surface area contributed by atoms with Crippen molar-refractivity contribution in [3.8, 4) is 10.6 Å². The molecule has 0 spiro atoms. The van der Waals surface area contributed by atoms with Gasteiger partial charge in [0.15, 0.2) is 0 Å². The van der Waals surface area contributed by atoms with E-state index in [4.69, 9.17) is 9.72 Å². The van der Waals surface area contributed by atoms with Gasteiger partial charge in [-0.15, -0.1) is 11.3 Å². The SMILES string of the molecule is CC1(C)CC(Nc2nccc(-c3ccc(C(=O)N4CC(O)CC4C(=O)OCc4ccccc4)s3)n2)CC(C)(C)N1. The number of likely N-dealkylation sites (tertiary alicyclic amines) is 1. The third-order valence-corrected chi connectivity index (χ3v) is 8.38. The number of nitrogens with zero attached hydrogens (tertiary/aromatic N) is 3. The number of aliphatic hydroxyl groups is 1. The number of aliphatic hydroxyl groups excluding tert-OH is 1. The molecule has 0 bridgehead atoms. The minimum atomic E-state index is -0.829. The number of carbonyl (C=O) groups excluding carboxylic acids is 2. The summed E-state index contributed by atoms with van der Waals surface area (Å²) in [6.07, 6.45) is 2.98. The predicted octanol–water partition coefficient (Wildman–Crippen LogP) is 4.25. The summed E-state index contributed by atoms with van der Waals surface area (Å²) in [6, 6.07) is 14.2. The smallest absolute Gasteiger partial charge is 0.329 e. The van der Waals surface area contributed by atoms with Crippen LogP contribution in [0, 0.1) is 0 Å². The van der Waals surface area contributed by atoms with Crippen LogP contribution < -0.4 is 10.6 Å². The van der Waals surface area contributed by atoms with Crippen LogP contribution in [0.15, 0.2) is 54.7 Å². The standard InChI is InChI=1S/C30H37N5O4S/c1-29(2)15-20(16-30(3,4)34-29)32-28-31-13-12-22(33-28)24-10-11-25(40-24)26(37)35-17-21(36)14-23(35)27(38)39-18-19-8-6-5-7-9-19/h5-13,20-21,23,34,36H,14-18H2,1-4H3,(H,31,32,33). The highest BCUT2D eigenvalue weighted by Crippen LogP contribution is 2.32. The number of aromatic nitrogens is 2. The van der Waals surface area contributed by atoms with E-state index in [0.717, 1.165) is 23.3 Å². The molecule has 2 atom stereocenters. The third kappa shape index (κ3) is 6.68. The van der Waals surface area contributed by atoms with Gasteiger partial charge in [0.2, 0.25) is 5.95 Å². The Hall–Kier alpha value is -3.34. The molecule has 4 heterocycles. The summed E-state index contributed by atoms with van der Waals surface area (Å²) in [5.41, 5.74) is 1.57. The molecule has 9 nitrogen and oxygen atoms in total. The lowest BCUT2D eigenvalue weighted by Gasteiger charge is -2.46. The van der Waals surface area contributed by atoms with Crippen LogP contribution in [0.2, 0.25) is 0 Å². The van der Waals surface area contributed by atoms with Crippen molar-refractivity contribution in [1.29, 1.82) is 0 Å². The predicted molar refractivity (Wildman–Crippen MR) is 155 cm³/mol. The van der Waals surface area contributed by atoms with Crippen LogP contribution in [-0.4, -0.2) is 67.7 Å². The molecule has 1 aromatic carbocycles. The first-order chi connectivity index (χ1) is 19.0. The second-order valence-corrected chi connectivity index (χ2v) is 13.1. The number of benzene rings is 1. The fourth-order valence-corrected chi connectivity index (χ4v) is 6.92. The lowest BCUT2D eigenvalue weighted by Crippen LogP contribution is -2.60. The van der Waals surface area contributed by atoms with Gasteiger partial charge in [0.1, 0.15) is 12.6 Å². The average Bonchev–Trinajstić information content (AvgIpc) is 3.53. The average molecular weight is 564 g/mol. The molecule has 2 unspecified atom stereocenters. The first-order valence-corrected chi connectivity index (χ1v) is 14.5. The highest BCUT2D eigenvalue weighted by molar-refractivity contribution is 7.17. The molecule has 0 aliphatic carbocycles. The Morgan fingerprint density at radius 1 is 1.10 bits per heavy atom. The number of rotatable bonds is 7. The lowest BCUT2D eigenvalue weighted by atomic mass is 9.80. The fraction of sp³-hybridized carbons (Fsp3) is 0.467. The van der Waals surface area contributed by atoms with Crippen molar-refractivity contribution in [3.63, 3.8) is 0 Å². The van der Waals surface area contributed by atoms with Gasteiger partial charge in [-0.25, -0.2) is 14.8 Å². The Morgan fingerprint density at radius 2 is 1.82 bits per heavy atom. The minimum absolute atomic E-state index is 0.00494. The van der Waals surface area contributed by atoms with E-state index in [9.17, 15) is 14.7 Å². The second kappa shape index (κ2) is 11.3. The molecular formula is C30H37N5O4S. The van der Waals surface area contributed by atoms with Crippen LogP contribution in [-0.2, 0) is 16.1 Å². The molecule has 3 N–H and O–H groups in total. The number of piperidine rings is 1. The number of ether oxygens (including phenoxy) is 1. The molecule has 2 aliphatic rings. The van der Waals surface area contributed by atoms with Gasteiger partial charge in [0.05, 0.1) is 21.6 Å². The van der Waals surface area contributed by atoms with Crippen molar-refractivity contribution in [3.05, 3.63) is 65.2 Å². The molecule has 2 fully saturated rings. The van der Waals surface area contributed by atoms with Gasteiger partial charge < -0.3 is 25.4 Å². The molecule has 2 aliphatic heterocycles. The molecule has 212 valence electrons. The highest BCUT2D eigenvalue weighted by Gasteiger charge is 2.41. The number of β-amino-alcohol motifs (C(OH)–C–C–N with tert-alkyl or cyclic N) is 1. The van der Waals surface area contributed by atoms with Crippen molar-refractivity contribution < 1.29 is 19.4 Å². The molecule has 0 radical (unpaired) electrons. The normalized spacial score (nSPS) is 22.2. The van der Waals surface area contributed by atoms with Crippen molar-refractivity contribution in [2.45, 2.75) is 82.8 Å². The summed E-state index contributed by atoms with van der Waals surface area (Å²) >= 11 is 1.31. The lowest BCUT2D eigenvalue weighted by molar-refractivity contribution is -0.149. The number of carbonyl (C=O) groups is 2. The molecule has 3 aromatic rings. The van der Waals surface area contributed by atoms with Crippen LogP contribution in [0.1, 0.15) is 62.2 Å². The summed E-state index contributed by atoms with van der Waals surface area (Å²) in [5, 5.41) is 17.5.